The van der Waals surface area contributed by atoms with Gasteiger partial charge in [-0.25, -0.2) is 0 Å². The summed E-state index contributed by atoms with van der Waals surface area (Å²) in [7, 11) is 1.50. The molecule has 1 rings (SSSR count). The lowest BCUT2D eigenvalue weighted by Gasteiger charge is -2.25. The Morgan fingerprint density at radius 1 is 1.46 bits per heavy atom. The van der Waals surface area contributed by atoms with Gasteiger partial charge in [-0.1, -0.05) is 28.8 Å². The van der Waals surface area contributed by atoms with Gasteiger partial charge in [0.2, 0.25) is 0 Å². The van der Waals surface area contributed by atoms with Crippen molar-refractivity contribution in [1.82, 2.24) is 0 Å². The summed E-state index contributed by atoms with van der Waals surface area (Å²) in [5.41, 5.74) is -0.136. The fourth-order valence-electron chi connectivity index (χ4n) is 2.23. The van der Waals surface area contributed by atoms with Crippen LogP contribution in [0.1, 0.15) is 38.5 Å². The maximum Gasteiger partial charge on any atom is 0.311 e. The maximum atomic E-state index is 11.6. The lowest BCUT2D eigenvalue weighted by atomic mass is 9.82. The van der Waals surface area contributed by atoms with E-state index in [0.717, 1.165) is 31.0 Å². The van der Waals surface area contributed by atoms with E-state index in [1.54, 1.807) is 0 Å². The van der Waals surface area contributed by atoms with E-state index in [-0.39, 0.29) is 11.4 Å². The molecule has 1 aliphatic rings. The van der Waals surface area contributed by atoms with Crippen molar-refractivity contribution in [2.45, 2.75) is 38.5 Å². The fourth-order valence-corrected chi connectivity index (χ4v) is 2.51. The zero-order valence-electron chi connectivity index (χ0n) is 8.14. The van der Waals surface area contributed by atoms with Crippen LogP contribution in [0.4, 0.5) is 0 Å². The molecule has 0 unspecified atom stereocenters. The van der Waals surface area contributed by atoms with E-state index in [1.165, 1.54) is 20.0 Å². The molecule has 1 aliphatic carbocycles. The highest BCUT2D eigenvalue weighted by Gasteiger charge is 2.41. The Bertz CT molecular complexity index is 174. The summed E-state index contributed by atoms with van der Waals surface area (Å²) >= 11 is 3.40. The van der Waals surface area contributed by atoms with Gasteiger partial charge in [0.25, 0.3) is 0 Å². The van der Waals surface area contributed by atoms with Crippen molar-refractivity contribution < 1.29 is 9.53 Å². The minimum Gasteiger partial charge on any atom is -0.469 e. The van der Waals surface area contributed by atoms with Gasteiger partial charge >= 0.3 is 5.97 Å². The average molecular weight is 249 g/mol. The van der Waals surface area contributed by atoms with Crippen LogP contribution < -0.4 is 0 Å². The monoisotopic (exact) mass is 248 g/mol. The summed E-state index contributed by atoms with van der Waals surface area (Å²) in [6.07, 6.45) is 6.44. The number of halogens is 1. The summed E-state index contributed by atoms with van der Waals surface area (Å²) < 4.78 is 4.88. The molecule has 1 fully saturated rings. The molecule has 0 heterocycles. The Balaban J connectivity index is 2.57. The van der Waals surface area contributed by atoms with Crippen molar-refractivity contribution in [1.29, 1.82) is 0 Å². The zero-order valence-corrected chi connectivity index (χ0v) is 9.73. The molecular weight excluding hydrogens is 232 g/mol. The molecular formula is C10H17BrO2. The molecule has 3 heteroatoms. The number of rotatable bonds is 4. The lowest BCUT2D eigenvalue weighted by molar-refractivity contribution is -0.153. The molecule has 0 bridgehead atoms. The molecule has 0 amide bonds. The molecule has 13 heavy (non-hydrogen) atoms. The van der Waals surface area contributed by atoms with Crippen LogP contribution in [0, 0.1) is 5.41 Å². The van der Waals surface area contributed by atoms with E-state index in [0.29, 0.717) is 0 Å². The Morgan fingerprint density at radius 3 is 2.54 bits per heavy atom. The van der Waals surface area contributed by atoms with Gasteiger partial charge in [0, 0.05) is 5.33 Å². The van der Waals surface area contributed by atoms with E-state index >= 15 is 0 Å². The summed E-state index contributed by atoms with van der Waals surface area (Å²) in [5, 5.41) is 0.978. The standard InChI is InChI=1S/C10H17BrO2/c1-13-9(12)10(7-4-8-11)5-2-3-6-10/h2-8H2,1H3. The van der Waals surface area contributed by atoms with Crippen LogP contribution in [0.25, 0.3) is 0 Å². The minimum atomic E-state index is -0.136. The Morgan fingerprint density at radius 2 is 2.08 bits per heavy atom. The number of carbonyl (C=O) groups is 1. The first-order valence-electron chi connectivity index (χ1n) is 4.89. The van der Waals surface area contributed by atoms with Crippen LogP contribution >= 0.6 is 15.9 Å². The lowest BCUT2D eigenvalue weighted by Crippen LogP contribution is -2.29. The van der Waals surface area contributed by atoms with Gasteiger partial charge in [0.1, 0.15) is 0 Å². The fraction of sp³-hybridized carbons (Fsp3) is 0.900. The zero-order chi connectivity index (χ0) is 9.73. The molecule has 0 N–H and O–H groups in total. The van der Waals surface area contributed by atoms with E-state index in [1.807, 2.05) is 0 Å². The van der Waals surface area contributed by atoms with Crippen LogP contribution in [0.15, 0.2) is 0 Å². The average Bonchev–Trinajstić information content (AvgIpc) is 2.63. The highest BCUT2D eigenvalue weighted by Crippen LogP contribution is 2.43. The van der Waals surface area contributed by atoms with Crippen molar-refractivity contribution in [2.75, 3.05) is 12.4 Å². The second-order valence-electron chi connectivity index (χ2n) is 3.77. The summed E-state index contributed by atoms with van der Waals surface area (Å²) in [5.74, 6) is 0.00551. The van der Waals surface area contributed by atoms with Crippen molar-refractivity contribution in [3.05, 3.63) is 0 Å². The quantitative estimate of drug-likeness (QED) is 0.565. The predicted octanol–water partition coefficient (Wildman–Crippen LogP) is 2.89. The van der Waals surface area contributed by atoms with Gasteiger partial charge < -0.3 is 4.74 Å². The first-order chi connectivity index (χ1) is 6.25. The third kappa shape index (κ3) is 2.46. The normalized spacial score (nSPS) is 20.2. The third-order valence-corrected chi connectivity index (χ3v) is 3.53. The second kappa shape index (κ2) is 4.99. The number of hydrogen-bond donors (Lipinski definition) is 0. The number of alkyl halides is 1. The van der Waals surface area contributed by atoms with Gasteiger partial charge in [-0.2, -0.15) is 0 Å². The van der Waals surface area contributed by atoms with Crippen molar-refractivity contribution >= 4 is 21.9 Å². The second-order valence-corrected chi connectivity index (χ2v) is 4.56. The van der Waals surface area contributed by atoms with Gasteiger partial charge in [0.15, 0.2) is 0 Å². The largest absolute Gasteiger partial charge is 0.469 e. The van der Waals surface area contributed by atoms with Crippen LogP contribution in [0.5, 0.6) is 0 Å². The Labute approximate surface area is 88.2 Å². The van der Waals surface area contributed by atoms with Crippen LogP contribution in [-0.2, 0) is 9.53 Å². The summed E-state index contributed by atoms with van der Waals surface area (Å²) in [6, 6.07) is 0. The molecule has 0 radical (unpaired) electrons. The molecule has 0 spiro atoms. The summed E-state index contributed by atoms with van der Waals surface area (Å²) in [4.78, 5) is 11.6. The molecule has 0 aliphatic heterocycles. The number of ether oxygens (including phenoxy) is 1. The number of hydrogen-bond acceptors (Lipinski definition) is 2. The van der Waals surface area contributed by atoms with Crippen LogP contribution in [-0.4, -0.2) is 18.4 Å². The third-order valence-electron chi connectivity index (χ3n) is 2.97. The minimum absolute atomic E-state index is 0.00551. The maximum absolute atomic E-state index is 11.6. The molecule has 0 aromatic rings. The highest BCUT2D eigenvalue weighted by molar-refractivity contribution is 9.09. The molecule has 2 nitrogen and oxygen atoms in total. The van der Waals surface area contributed by atoms with Gasteiger partial charge in [-0.3, -0.25) is 4.79 Å². The first kappa shape index (κ1) is 11.0. The van der Waals surface area contributed by atoms with Crippen molar-refractivity contribution in [3.8, 4) is 0 Å². The summed E-state index contributed by atoms with van der Waals surface area (Å²) in [6.45, 7) is 0. The first-order valence-corrected chi connectivity index (χ1v) is 6.02. The van der Waals surface area contributed by atoms with Crippen molar-refractivity contribution in [2.24, 2.45) is 5.41 Å². The molecule has 76 valence electrons. The van der Waals surface area contributed by atoms with Crippen molar-refractivity contribution in [3.63, 3.8) is 0 Å². The van der Waals surface area contributed by atoms with Gasteiger partial charge in [0.05, 0.1) is 12.5 Å². The van der Waals surface area contributed by atoms with E-state index in [4.69, 9.17) is 4.74 Å². The molecule has 0 aromatic carbocycles. The predicted molar refractivity (Wildman–Crippen MR) is 55.9 cm³/mol. The van der Waals surface area contributed by atoms with Gasteiger partial charge in [-0.05, 0) is 25.7 Å². The van der Waals surface area contributed by atoms with Crippen LogP contribution in [0.3, 0.4) is 0 Å². The van der Waals surface area contributed by atoms with E-state index in [2.05, 4.69) is 15.9 Å². The number of esters is 1. The topological polar surface area (TPSA) is 26.3 Å². The number of methoxy groups -OCH3 is 1. The van der Waals surface area contributed by atoms with Gasteiger partial charge in [-0.15, -0.1) is 0 Å². The molecule has 0 saturated heterocycles. The molecule has 1 saturated carbocycles. The van der Waals surface area contributed by atoms with E-state index < -0.39 is 0 Å². The highest BCUT2D eigenvalue weighted by atomic mass is 79.9. The Kier molecular flexibility index (Phi) is 4.23. The number of carbonyl (C=O) groups excluding carboxylic acids is 1. The Hall–Kier alpha value is -0.0500. The SMILES string of the molecule is COC(=O)C1(CCCBr)CCCC1. The smallest absolute Gasteiger partial charge is 0.311 e. The molecule has 0 atom stereocenters. The van der Waals surface area contributed by atoms with E-state index in [9.17, 15) is 4.79 Å². The van der Waals surface area contributed by atoms with Crippen LogP contribution in [0.2, 0.25) is 0 Å². The molecule has 0 aromatic heterocycles.